The second-order valence-electron chi connectivity index (χ2n) is 16.0. The summed E-state index contributed by atoms with van der Waals surface area (Å²) >= 11 is 0. The molecule has 0 atom stereocenters. The smallest absolute Gasteiger partial charge is 0.307 e. The number of carbonyl (C=O) groups is 1. The molecule has 0 heterocycles. The van der Waals surface area contributed by atoms with E-state index in [1.54, 1.807) is 0 Å². The van der Waals surface area contributed by atoms with Gasteiger partial charge in [0, 0.05) is 0 Å². The van der Waals surface area contributed by atoms with Crippen LogP contribution in [0.1, 0.15) is 259 Å². The summed E-state index contributed by atoms with van der Waals surface area (Å²) in [6, 6.07) is 0. The summed E-state index contributed by atoms with van der Waals surface area (Å²) in [5.74, 6) is -0.526. The molecule has 1 saturated carbocycles. The summed E-state index contributed by atoms with van der Waals surface area (Å²) in [7, 11) is 0. The van der Waals surface area contributed by atoms with Crippen LogP contribution in [-0.4, -0.2) is 11.1 Å². The Morgan fingerprint density at radius 3 is 0.696 bits per heavy atom. The van der Waals surface area contributed by atoms with E-state index in [-0.39, 0.29) is 16.7 Å². The predicted octanol–water partition coefficient (Wildman–Crippen LogP) is 15.8. The van der Waals surface area contributed by atoms with Crippen LogP contribution in [0.4, 0.5) is 0 Å². The minimum Gasteiger partial charge on any atom is -0.481 e. The van der Waals surface area contributed by atoms with Crippen LogP contribution in [0.25, 0.3) is 0 Å². The van der Waals surface area contributed by atoms with E-state index in [0.29, 0.717) is 0 Å². The van der Waals surface area contributed by atoms with Crippen LogP contribution in [0.15, 0.2) is 0 Å². The van der Waals surface area contributed by atoms with Crippen LogP contribution in [0.5, 0.6) is 0 Å². The number of carboxylic acid groups (broad SMARTS) is 1. The van der Waals surface area contributed by atoms with Crippen molar-refractivity contribution < 1.29 is 9.90 Å². The molecule has 0 amide bonds. The second-order valence-corrected chi connectivity index (χ2v) is 16.0. The van der Waals surface area contributed by atoms with Crippen molar-refractivity contribution >= 4 is 5.97 Å². The number of hydrogen-bond acceptors (Lipinski definition) is 1. The van der Waals surface area contributed by atoms with E-state index in [0.717, 1.165) is 0 Å². The fraction of sp³-hybridized carbons (Fsp3) is 0.977. The van der Waals surface area contributed by atoms with Crippen molar-refractivity contribution in [3.05, 3.63) is 0 Å². The first kappa shape index (κ1) is 43.5. The lowest BCUT2D eigenvalue weighted by molar-refractivity contribution is -0.140. The standard InChI is InChI=1S/C44H86O2/c1-5-9-13-17-21-25-29-33-37-43(38-34-30-26-22-18-14-10-6-2)41(42(45)46)44(43,39-35-31-27-23-19-15-11-7-3)40-36-32-28-24-20-16-12-8-4/h41H,5-40H2,1-4H3,(H,45,46). The molecule has 2 nitrogen and oxygen atoms in total. The lowest BCUT2D eigenvalue weighted by Gasteiger charge is -2.27. The van der Waals surface area contributed by atoms with E-state index < -0.39 is 5.97 Å². The van der Waals surface area contributed by atoms with Gasteiger partial charge in [-0.3, -0.25) is 4.79 Å². The highest BCUT2D eigenvalue weighted by molar-refractivity contribution is 5.77. The van der Waals surface area contributed by atoms with E-state index in [2.05, 4.69) is 27.7 Å². The van der Waals surface area contributed by atoms with Crippen molar-refractivity contribution in [2.75, 3.05) is 0 Å². The minimum absolute atomic E-state index is 0.0749. The number of rotatable bonds is 37. The molecule has 2 heteroatoms. The number of aliphatic carboxylic acids is 1. The molecule has 1 fully saturated rings. The van der Waals surface area contributed by atoms with Crippen molar-refractivity contribution in [1.82, 2.24) is 0 Å². The molecule has 1 aliphatic carbocycles. The molecular weight excluding hydrogens is 560 g/mol. The molecule has 0 spiro atoms. The Bertz CT molecular complexity index is 579. The molecule has 0 aromatic heterocycles. The van der Waals surface area contributed by atoms with Gasteiger partial charge in [0.05, 0.1) is 5.92 Å². The van der Waals surface area contributed by atoms with E-state index in [4.69, 9.17) is 0 Å². The van der Waals surface area contributed by atoms with Crippen LogP contribution in [-0.2, 0) is 4.79 Å². The summed E-state index contributed by atoms with van der Waals surface area (Å²) in [5, 5.41) is 10.8. The quantitative estimate of drug-likeness (QED) is 0.0682. The number of carboxylic acids is 1. The monoisotopic (exact) mass is 647 g/mol. The van der Waals surface area contributed by atoms with Gasteiger partial charge in [0.25, 0.3) is 0 Å². The average Bonchev–Trinajstić information content (AvgIpc) is 3.62. The maximum absolute atomic E-state index is 13.1. The predicted molar refractivity (Wildman–Crippen MR) is 205 cm³/mol. The van der Waals surface area contributed by atoms with E-state index >= 15 is 0 Å². The van der Waals surface area contributed by atoms with Crippen LogP contribution in [0, 0.1) is 16.7 Å². The Balaban J connectivity index is 2.90. The van der Waals surface area contributed by atoms with Crippen molar-refractivity contribution in [2.45, 2.75) is 259 Å². The third kappa shape index (κ3) is 17.7. The fourth-order valence-corrected chi connectivity index (χ4v) is 9.33. The molecule has 46 heavy (non-hydrogen) atoms. The SMILES string of the molecule is CCCCCCCCCCC1(CCCCCCCCCC)C(C(=O)O)C1(CCCCCCCCCC)CCCCCCCCCC. The summed E-state index contributed by atoms with van der Waals surface area (Å²) in [6.45, 7) is 9.20. The molecule has 0 bridgehead atoms. The Kier molecular flexibility index (Phi) is 27.8. The van der Waals surface area contributed by atoms with Gasteiger partial charge in [0.1, 0.15) is 0 Å². The summed E-state index contributed by atoms with van der Waals surface area (Å²) < 4.78 is 0. The summed E-state index contributed by atoms with van der Waals surface area (Å²) in [4.78, 5) is 13.1. The minimum atomic E-state index is -0.446. The van der Waals surface area contributed by atoms with Gasteiger partial charge in [0.2, 0.25) is 0 Å². The Morgan fingerprint density at radius 1 is 0.348 bits per heavy atom. The molecule has 0 aromatic carbocycles. The zero-order chi connectivity index (χ0) is 33.6. The van der Waals surface area contributed by atoms with Crippen LogP contribution < -0.4 is 0 Å². The molecule has 0 saturated heterocycles. The normalized spacial score (nSPS) is 15.5. The van der Waals surface area contributed by atoms with Gasteiger partial charge in [-0.25, -0.2) is 0 Å². The second kappa shape index (κ2) is 29.4. The van der Waals surface area contributed by atoms with Crippen LogP contribution in [0.2, 0.25) is 0 Å². The van der Waals surface area contributed by atoms with Gasteiger partial charge in [-0.2, -0.15) is 0 Å². The first-order valence-electron chi connectivity index (χ1n) is 21.8. The third-order valence-corrected chi connectivity index (χ3v) is 12.2. The molecule has 1 aliphatic rings. The first-order chi connectivity index (χ1) is 22.6. The maximum atomic E-state index is 13.1. The largest absolute Gasteiger partial charge is 0.481 e. The molecule has 1 N–H and O–H groups in total. The zero-order valence-electron chi connectivity index (χ0n) is 32.4. The highest BCUT2D eigenvalue weighted by Crippen LogP contribution is 2.78. The summed E-state index contributed by atoms with van der Waals surface area (Å²) in [5.41, 5.74) is 0.150. The molecule has 0 unspecified atom stereocenters. The van der Waals surface area contributed by atoms with Gasteiger partial charge in [-0.1, -0.05) is 233 Å². The van der Waals surface area contributed by atoms with Gasteiger partial charge >= 0.3 is 5.97 Å². The molecule has 0 aromatic rings. The molecule has 1 rings (SSSR count). The lowest BCUT2D eigenvalue weighted by atomic mass is 9.78. The Morgan fingerprint density at radius 2 is 0.522 bits per heavy atom. The van der Waals surface area contributed by atoms with E-state index in [1.165, 1.54) is 231 Å². The third-order valence-electron chi connectivity index (χ3n) is 12.2. The van der Waals surface area contributed by atoms with Crippen molar-refractivity contribution in [3.8, 4) is 0 Å². The fourth-order valence-electron chi connectivity index (χ4n) is 9.33. The summed E-state index contributed by atoms with van der Waals surface area (Å²) in [6.07, 6.45) is 47.7. The van der Waals surface area contributed by atoms with Gasteiger partial charge in [0.15, 0.2) is 0 Å². The van der Waals surface area contributed by atoms with E-state index in [9.17, 15) is 9.90 Å². The maximum Gasteiger partial charge on any atom is 0.307 e. The zero-order valence-corrected chi connectivity index (χ0v) is 32.4. The topological polar surface area (TPSA) is 37.3 Å². The van der Waals surface area contributed by atoms with Crippen LogP contribution >= 0.6 is 0 Å². The van der Waals surface area contributed by atoms with Gasteiger partial charge in [-0.05, 0) is 36.5 Å². The van der Waals surface area contributed by atoms with Crippen molar-refractivity contribution in [2.24, 2.45) is 16.7 Å². The van der Waals surface area contributed by atoms with Crippen molar-refractivity contribution in [1.29, 1.82) is 0 Å². The van der Waals surface area contributed by atoms with Crippen molar-refractivity contribution in [3.63, 3.8) is 0 Å². The average molecular weight is 647 g/mol. The molecule has 0 radical (unpaired) electrons. The van der Waals surface area contributed by atoms with E-state index in [1.807, 2.05) is 0 Å². The van der Waals surface area contributed by atoms with Crippen LogP contribution in [0.3, 0.4) is 0 Å². The Hall–Kier alpha value is -0.530. The van der Waals surface area contributed by atoms with Gasteiger partial charge in [-0.15, -0.1) is 0 Å². The van der Waals surface area contributed by atoms with Gasteiger partial charge < -0.3 is 5.11 Å². The highest BCUT2D eigenvalue weighted by atomic mass is 16.4. The molecule has 274 valence electrons. The number of hydrogen-bond donors (Lipinski definition) is 1. The Labute approximate surface area is 290 Å². The highest BCUT2D eigenvalue weighted by Gasteiger charge is 2.76. The lowest BCUT2D eigenvalue weighted by Crippen LogP contribution is -2.16. The first-order valence-corrected chi connectivity index (χ1v) is 21.8. The number of unbranched alkanes of at least 4 members (excludes halogenated alkanes) is 28. The molecule has 0 aliphatic heterocycles. The molecular formula is C44H86O2.